The van der Waals surface area contributed by atoms with Crippen LogP contribution in [0, 0.1) is 5.92 Å². The van der Waals surface area contributed by atoms with Crippen LogP contribution in [0.5, 0.6) is 0 Å². The van der Waals surface area contributed by atoms with E-state index >= 15 is 0 Å². The van der Waals surface area contributed by atoms with Gasteiger partial charge in [-0.15, -0.1) is 0 Å². The second-order valence-corrected chi connectivity index (χ2v) is 14.8. The van der Waals surface area contributed by atoms with Crippen LogP contribution < -0.4 is 10.9 Å². The van der Waals surface area contributed by atoms with Crippen molar-refractivity contribution in [3.8, 4) is 0 Å². The summed E-state index contributed by atoms with van der Waals surface area (Å²) >= 11 is 0. The van der Waals surface area contributed by atoms with Gasteiger partial charge in [0.1, 0.15) is 12.2 Å². The number of hydrogen-bond donors (Lipinski definition) is 3. The van der Waals surface area contributed by atoms with Gasteiger partial charge in [-0.2, -0.15) is 4.98 Å². The molecule has 3 rings (SSSR count). The monoisotopic (exact) mass is 469 g/mol. The molecule has 1 aliphatic rings. The van der Waals surface area contributed by atoms with Gasteiger partial charge in [0.25, 0.3) is 5.56 Å². The number of aromatic nitrogens is 4. The Balaban J connectivity index is 1.86. The molecule has 178 valence electrons. The number of imidazole rings is 1. The third-order valence-corrected chi connectivity index (χ3v) is 10.7. The van der Waals surface area contributed by atoms with E-state index in [9.17, 15) is 19.1 Å². The lowest BCUT2D eigenvalue weighted by molar-refractivity contribution is -0.118. The number of aliphatic hydroxyl groups excluding tert-OH is 1. The van der Waals surface area contributed by atoms with E-state index in [0.717, 1.165) is 0 Å². The molecule has 32 heavy (non-hydrogen) atoms. The fourth-order valence-corrected chi connectivity index (χ4v) is 4.03. The number of nitrogens with one attached hydrogen (secondary N) is 2. The largest absolute Gasteiger partial charge is 0.414 e. The zero-order valence-corrected chi connectivity index (χ0v) is 20.5. The van der Waals surface area contributed by atoms with Crippen molar-refractivity contribution >= 4 is 31.3 Å². The molecule has 3 heterocycles. The summed E-state index contributed by atoms with van der Waals surface area (Å²) in [7, 11) is -2.14. The molecule has 0 spiro atoms. The highest BCUT2D eigenvalue weighted by Crippen LogP contribution is 2.38. The quantitative estimate of drug-likeness (QED) is 0.553. The van der Waals surface area contributed by atoms with Gasteiger partial charge in [-0.3, -0.25) is 24.5 Å². The van der Waals surface area contributed by atoms with Crippen LogP contribution in [-0.4, -0.2) is 63.8 Å². The topological polar surface area (TPSA) is 131 Å². The highest BCUT2D eigenvalue weighted by Gasteiger charge is 2.47. The van der Waals surface area contributed by atoms with Crippen molar-refractivity contribution in [2.24, 2.45) is 5.92 Å². The summed E-state index contributed by atoms with van der Waals surface area (Å²) < 4.78 is 28.1. The molecule has 3 N–H and O–H groups in total. The number of H-pyrrole nitrogens is 1. The van der Waals surface area contributed by atoms with Gasteiger partial charge in [-0.25, -0.2) is 9.37 Å². The Morgan fingerprint density at radius 3 is 2.69 bits per heavy atom. The predicted octanol–water partition coefficient (Wildman–Crippen LogP) is 2.33. The molecule has 1 aliphatic heterocycles. The third-order valence-electron chi connectivity index (χ3n) is 6.17. The number of nitrogens with zero attached hydrogens (tertiary/aromatic N) is 3. The molecule has 1 saturated heterocycles. The average molecular weight is 470 g/mol. The molecular weight excluding hydrogens is 437 g/mol. The van der Waals surface area contributed by atoms with Crippen molar-refractivity contribution in [3.63, 3.8) is 0 Å². The molecule has 0 aromatic carbocycles. The first-order valence-corrected chi connectivity index (χ1v) is 13.5. The molecule has 12 heteroatoms. The van der Waals surface area contributed by atoms with Crippen molar-refractivity contribution in [1.82, 2.24) is 19.5 Å². The summed E-state index contributed by atoms with van der Waals surface area (Å²) in [5.41, 5.74) is -0.523. The number of ether oxygens (including phenoxy) is 1. The van der Waals surface area contributed by atoms with Gasteiger partial charge < -0.3 is 14.3 Å². The van der Waals surface area contributed by atoms with Crippen molar-refractivity contribution < 1.29 is 23.5 Å². The van der Waals surface area contributed by atoms with Crippen molar-refractivity contribution in [1.29, 1.82) is 0 Å². The minimum absolute atomic E-state index is 0.00154. The van der Waals surface area contributed by atoms with Gasteiger partial charge in [-0.1, -0.05) is 34.6 Å². The van der Waals surface area contributed by atoms with E-state index in [-0.39, 0.29) is 40.6 Å². The Morgan fingerprint density at radius 2 is 2.09 bits per heavy atom. The van der Waals surface area contributed by atoms with Gasteiger partial charge in [-0.05, 0) is 18.1 Å². The Bertz CT molecular complexity index is 1050. The minimum atomic E-state index is -2.14. The van der Waals surface area contributed by atoms with E-state index in [1.54, 1.807) is 13.8 Å². The Hall–Kier alpha value is -2.15. The molecule has 0 radical (unpaired) electrons. The highest BCUT2D eigenvalue weighted by atomic mass is 28.4. The number of hydrogen-bond acceptors (Lipinski definition) is 7. The summed E-state index contributed by atoms with van der Waals surface area (Å²) in [6.45, 7) is 13.7. The second kappa shape index (κ2) is 8.65. The molecule has 4 atom stereocenters. The predicted molar refractivity (Wildman–Crippen MR) is 120 cm³/mol. The first-order chi connectivity index (χ1) is 14.7. The van der Waals surface area contributed by atoms with Crippen LogP contribution in [0.3, 0.4) is 0 Å². The maximum absolute atomic E-state index is 14.9. The van der Waals surface area contributed by atoms with Crippen LogP contribution in [0.2, 0.25) is 18.1 Å². The number of rotatable bonds is 6. The number of carbonyl (C=O) groups is 1. The van der Waals surface area contributed by atoms with E-state index in [1.165, 1.54) is 10.9 Å². The normalized spacial score (nSPS) is 24.4. The standard InChI is InChI=1S/C20H32FN5O5Si/c1-10(2)16(28)24-19-23-15-13(17(29)25-19)22-9-26(15)18-14(27)12(21)11(31-18)8-30-32(6,7)20(3,4)5/h9-12,14,18,27H,8H2,1-7H3,(H2,23,24,25,28,29)/t11-,12-,14+,18-/m1/s1. The van der Waals surface area contributed by atoms with Gasteiger partial charge in [0, 0.05) is 5.92 Å². The summed E-state index contributed by atoms with van der Waals surface area (Å²) in [4.78, 5) is 35.1. The van der Waals surface area contributed by atoms with Crippen LogP contribution in [0.4, 0.5) is 10.3 Å². The van der Waals surface area contributed by atoms with Gasteiger partial charge in [0.2, 0.25) is 11.9 Å². The first-order valence-electron chi connectivity index (χ1n) is 10.6. The molecule has 0 unspecified atom stereocenters. The van der Waals surface area contributed by atoms with E-state index in [1.807, 2.05) is 0 Å². The Labute approximate surface area is 186 Å². The summed E-state index contributed by atoms with van der Waals surface area (Å²) in [6, 6.07) is 0. The fraction of sp³-hybridized carbons (Fsp3) is 0.700. The number of halogens is 1. The number of fused-ring (bicyclic) bond motifs is 1. The third kappa shape index (κ3) is 4.63. The molecule has 2 aromatic heterocycles. The maximum Gasteiger partial charge on any atom is 0.280 e. The van der Waals surface area contributed by atoms with E-state index in [4.69, 9.17) is 9.16 Å². The average Bonchev–Trinajstić information content (AvgIpc) is 3.21. The van der Waals surface area contributed by atoms with Crippen LogP contribution in [0.1, 0.15) is 40.8 Å². The lowest BCUT2D eigenvalue weighted by Crippen LogP contribution is -2.44. The molecule has 10 nitrogen and oxygen atoms in total. The van der Waals surface area contributed by atoms with Crippen LogP contribution in [0.15, 0.2) is 11.1 Å². The van der Waals surface area contributed by atoms with Gasteiger partial charge >= 0.3 is 0 Å². The molecule has 0 bridgehead atoms. The lowest BCUT2D eigenvalue weighted by Gasteiger charge is -2.37. The zero-order chi connectivity index (χ0) is 24.0. The first kappa shape index (κ1) is 24.5. The smallest absolute Gasteiger partial charge is 0.280 e. The molecule has 0 saturated carbocycles. The minimum Gasteiger partial charge on any atom is -0.414 e. The number of carbonyl (C=O) groups excluding carboxylic acids is 1. The summed E-state index contributed by atoms with van der Waals surface area (Å²) in [6.07, 6.45) is -4.06. The van der Waals surface area contributed by atoms with Gasteiger partial charge in [0.15, 0.2) is 31.9 Å². The van der Waals surface area contributed by atoms with Crippen molar-refractivity contribution in [2.75, 3.05) is 11.9 Å². The molecule has 1 fully saturated rings. The Kier molecular flexibility index (Phi) is 6.62. The number of aromatic amines is 1. The van der Waals surface area contributed by atoms with Crippen LogP contribution in [0.25, 0.3) is 11.2 Å². The summed E-state index contributed by atoms with van der Waals surface area (Å²) in [5, 5.41) is 13.0. The SMILES string of the molecule is CC(C)C(=O)Nc1nc2c(ncn2[C@@H]2O[C@H](CO[Si](C)(C)C(C)(C)C)[C@@H](F)[C@@H]2O)c(=O)[nH]1. The van der Waals surface area contributed by atoms with Crippen LogP contribution in [-0.2, 0) is 14.0 Å². The number of amides is 1. The van der Waals surface area contributed by atoms with E-state index < -0.39 is 38.5 Å². The number of anilines is 1. The maximum atomic E-state index is 14.9. The molecule has 1 amide bonds. The highest BCUT2D eigenvalue weighted by molar-refractivity contribution is 6.74. The lowest BCUT2D eigenvalue weighted by atomic mass is 10.1. The zero-order valence-electron chi connectivity index (χ0n) is 19.5. The molecule has 0 aliphatic carbocycles. The molecule has 2 aromatic rings. The fourth-order valence-electron chi connectivity index (χ4n) is 3.01. The molecular formula is C20H32FN5O5Si. The second-order valence-electron chi connectivity index (χ2n) is 9.95. The Morgan fingerprint density at radius 1 is 1.44 bits per heavy atom. The van der Waals surface area contributed by atoms with E-state index in [0.29, 0.717) is 0 Å². The number of alkyl halides is 1. The van der Waals surface area contributed by atoms with Gasteiger partial charge in [0.05, 0.1) is 12.9 Å². The van der Waals surface area contributed by atoms with Crippen molar-refractivity contribution in [2.45, 2.75) is 77.4 Å². The van der Waals surface area contributed by atoms with Crippen molar-refractivity contribution in [3.05, 3.63) is 16.7 Å². The van der Waals surface area contributed by atoms with E-state index in [2.05, 4.69) is 54.1 Å². The number of aliphatic hydroxyl groups is 1. The summed E-state index contributed by atoms with van der Waals surface area (Å²) in [5.74, 6) is -0.720. The van der Waals surface area contributed by atoms with Crippen LogP contribution >= 0.6 is 0 Å².